The van der Waals surface area contributed by atoms with Gasteiger partial charge in [0, 0.05) is 17.3 Å². The molecule has 2 rings (SSSR count). The van der Waals surface area contributed by atoms with Crippen LogP contribution in [0.1, 0.15) is 15.9 Å². The number of pyridine rings is 1. The van der Waals surface area contributed by atoms with Crippen LogP contribution in [-0.2, 0) is 0 Å². The second kappa shape index (κ2) is 4.73. The first-order valence-electron chi connectivity index (χ1n) is 4.79. The third-order valence-corrected chi connectivity index (χ3v) is 3.11. The van der Waals surface area contributed by atoms with Crippen LogP contribution in [-0.4, -0.2) is 10.8 Å². The van der Waals surface area contributed by atoms with E-state index >= 15 is 0 Å². The van der Waals surface area contributed by atoms with Gasteiger partial charge >= 0.3 is 0 Å². The summed E-state index contributed by atoms with van der Waals surface area (Å²) in [5.41, 5.74) is 6.70. The van der Waals surface area contributed by atoms with Gasteiger partial charge in [0.15, 0.2) is 5.78 Å². The lowest BCUT2D eigenvalue weighted by Gasteiger charge is -2.06. The minimum atomic E-state index is -0.266. The first-order chi connectivity index (χ1) is 8.11. The zero-order valence-corrected chi connectivity index (χ0v) is 10.2. The summed E-state index contributed by atoms with van der Waals surface area (Å²) in [7, 11) is 0. The molecule has 0 aliphatic rings. The first-order valence-corrected chi connectivity index (χ1v) is 5.55. The van der Waals surface area contributed by atoms with Crippen molar-refractivity contribution in [1.82, 2.24) is 4.98 Å². The Labute approximate surface area is 108 Å². The molecule has 0 amide bonds. The third kappa shape index (κ3) is 2.25. The lowest BCUT2D eigenvalue weighted by molar-refractivity contribution is 0.103. The van der Waals surface area contributed by atoms with Crippen LogP contribution in [0.15, 0.2) is 36.7 Å². The number of carbonyl (C=O) groups is 1. The average molecular weight is 267 g/mol. The van der Waals surface area contributed by atoms with Gasteiger partial charge in [-0.15, -0.1) is 0 Å². The number of halogens is 2. The maximum atomic E-state index is 12.2. The molecule has 2 aromatic rings. The van der Waals surface area contributed by atoms with Crippen LogP contribution in [0.5, 0.6) is 0 Å². The molecule has 1 aromatic heterocycles. The van der Waals surface area contributed by atoms with Crippen molar-refractivity contribution in [2.75, 3.05) is 5.73 Å². The van der Waals surface area contributed by atoms with Crippen LogP contribution in [0.25, 0.3) is 0 Å². The highest BCUT2D eigenvalue weighted by atomic mass is 35.5. The van der Waals surface area contributed by atoms with E-state index in [-0.39, 0.29) is 10.8 Å². The van der Waals surface area contributed by atoms with E-state index in [9.17, 15) is 4.79 Å². The molecule has 17 heavy (non-hydrogen) atoms. The summed E-state index contributed by atoms with van der Waals surface area (Å²) in [5.74, 6) is -0.266. The van der Waals surface area contributed by atoms with Crippen molar-refractivity contribution in [3.63, 3.8) is 0 Å². The molecule has 0 radical (unpaired) electrons. The number of hydrogen-bond acceptors (Lipinski definition) is 3. The van der Waals surface area contributed by atoms with E-state index in [0.717, 1.165) is 0 Å². The van der Waals surface area contributed by atoms with Crippen LogP contribution in [0.4, 0.5) is 5.69 Å². The number of aromatic nitrogens is 1. The Bertz CT molecular complexity index is 584. The van der Waals surface area contributed by atoms with Crippen molar-refractivity contribution < 1.29 is 4.79 Å². The van der Waals surface area contributed by atoms with Gasteiger partial charge in [0.25, 0.3) is 0 Å². The van der Waals surface area contributed by atoms with Gasteiger partial charge < -0.3 is 5.73 Å². The molecule has 0 saturated carbocycles. The van der Waals surface area contributed by atoms with Crippen LogP contribution in [0.3, 0.4) is 0 Å². The van der Waals surface area contributed by atoms with E-state index in [1.807, 2.05) is 0 Å². The van der Waals surface area contributed by atoms with Crippen molar-refractivity contribution in [3.05, 3.63) is 57.8 Å². The van der Waals surface area contributed by atoms with Gasteiger partial charge in [-0.3, -0.25) is 9.78 Å². The van der Waals surface area contributed by atoms with Gasteiger partial charge in [0.05, 0.1) is 21.9 Å². The van der Waals surface area contributed by atoms with Crippen molar-refractivity contribution in [2.45, 2.75) is 0 Å². The molecule has 0 saturated heterocycles. The molecular weight excluding hydrogens is 259 g/mol. The second-order valence-corrected chi connectivity index (χ2v) is 4.18. The van der Waals surface area contributed by atoms with Gasteiger partial charge in [-0.1, -0.05) is 29.3 Å². The second-order valence-electron chi connectivity index (χ2n) is 3.39. The Morgan fingerprint density at radius 1 is 1.18 bits per heavy atom. The average Bonchev–Trinajstić information content (AvgIpc) is 2.32. The number of ketones is 1. The Morgan fingerprint density at radius 3 is 2.65 bits per heavy atom. The highest BCUT2D eigenvalue weighted by Gasteiger charge is 2.16. The minimum Gasteiger partial charge on any atom is -0.397 e. The summed E-state index contributed by atoms with van der Waals surface area (Å²) in [6.07, 6.45) is 2.92. The van der Waals surface area contributed by atoms with Crippen LogP contribution in [0.2, 0.25) is 10.0 Å². The Balaban J connectivity index is 2.52. The predicted octanol–water partition coefficient (Wildman–Crippen LogP) is 3.20. The first kappa shape index (κ1) is 11.9. The molecule has 86 valence electrons. The Kier molecular flexibility index (Phi) is 3.31. The van der Waals surface area contributed by atoms with E-state index in [1.165, 1.54) is 12.4 Å². The highest BCUT2D eigenvalue weighted by Crippen LogP contribution is 2.28. The van der Waals surface area contributed by atoms with E-state index in [4.69, 9.17) is 28.9 Å². The van der Waals surface area contributed by atoms with Gasteiger partial charge in [0.1, 0.15) is 0 Å². The predicted molar refractivity (Wildman–Crippen MR) is 68.5 cm³/mol. The minimum absolute atomic E-state index is 0.232. The van der Waals surface area contributed by atoms with Crippen molar-refractivity contribution in [2.24, 2.45) is 0 Å². The van der Waals surface area contributed by atoms with Crippen LogP contribution >= 0.6 is 23.2 Å². The number of nitrogens with two attached hydrogens (primary N) is 1. The fraction of sp³-hybridized carbons (Fsp3) is 0. The maximum absolute atomic E-state index is 12.2. The number of hydrogen-bond donors (Lipinski definition) is 1. The number of nitrogens with zero attached hydrogens (tertiary/aromatic N) is 1. The quantitative estimate of drug-likeness (QED) is 0.850. The summed E-state index contributed by atoms with van der Waals surface area (Å²) in [6, 6.07) is 6.45. The largest absolute Gasteiger partial charge is 0.397 e. The maximum Gasteiger partial charge on any atom is 0.196 e. The smallest absolute Gasteiger partial charge is 0.196 e. The van der Waals surface area contributed by atoms with Crippen LogP contribution < -0.4 is 5.73 Å². The van der Waals surface area contributed by atoms with Crippen LogP contribution in [0, 0.1) is 0 Å². The fourth-order valence-electron chi connectivity index (χ4n) is 1.44. The SMILES string of the molecule is Nc1cnccc1C(=O)c1cccc(Cl)c1Cl. The summed E-state index contributed by atoms with van der Waals surface area (Å²) >= 11 is 11.8. The molecule has 0 unspecified atom stereocenters. The molecule has 1 aromatic carbocycles. The number of rotatable bonds is 2. The lowest BCUT2D eigenvalue weighted by atomic mass is 10.0. The molecule has 5 heteroatoms. The molecule has 0 atom stereocenters. The fourth-order valence-corrected chi connectivity index (χ4v) is 1.82. The highest BCUT2D eigenvalue weighted by molar-refractivity contribution is 6.44. The molecule has 0 fully saturated rings. The summed E-state index contributed by atoms with van der Waals surface area (Å²) in [6.45, 7) is 0. The van der Waals surface area contributed by atoms with Gasteiger partial charge in [-0.25, -0.2) is 0 Å². The zero-order chi connectivity index (χ0) is 12.4. The summed E-state index contributed by atoms with van der Waals surface area (Å²) < 4.78 is 0. The summed E-state index contributed by atoms with van der Waals surface area (Å²) in [5, 5.41) is 0.570. The molecular formula is C12H8Cl2N2O. The molecule has 1 heterocycles. The van der Waals surface area contributed by atoms with Crippen molar-refractivity contribution in [3.8, 4) is 0 Å². The third-order valence-electron chi connectivity index (χ3n) is 2.29. The summed E-state index contributed by atoms with van der Waals surface area (Å²) in [4.78, 5) is 16.0. The Morgan fingerprint density at radius 2 is 1.94 bits per heavy atom. The van der Waals surface area contributed by atoms with Crippen molar-refractivity contribution >= 4 is 34.7 Å². The molecule has 3 nitrogen and oxygen atoms in total. The van der Waals surface area contributed by atoms with E-state index in [1.54, 1.807) is 24.3 Å². The van der Waals surface area contributed by atoms with Gasteiger partial charge in [-0.05, 0) is 18.2 Å². The van der Waals surface area contributed by atoms with E-state index < -0.39 is 0 Å². The number of anilines is 1. The van der Waals surface area contributed by atoms with Gasteiger partial charge in [0.2, 0.25) is 0 Å². The Hall–Kier alpha value is -1.58. The molecule has 0 aliphatic carbocycles. The number of carbonyl (C=O) groups excluding carboxylic acids is 1. The molecule has 0 bridgehead atoms. The lowest BCUT2D eigenvalue weighted by Crippen LogP contribution is -2.06. The standard InChI is InChI=1S/C12H8Cl2N2O/c13-9-3-1-2-8(11(9)14)12(17)7-4-5-16-6-10(7)15/h1-6H,15H2. The number of benzene rings is 1. The topological polar surface area (TPSA) is 56.0 Å². The molecule has 2 N–H and O–H groups in total. The van der Waals surface area contributed by atoms with E-state index in [0.29, 0.717) is 21.8 Å². The number of nitrogen functional groups attached to an aromatic ring is 1. The monoisotopic (exact) mass is 266 g/mol. The zero-order valence-electron chi connectivity index (χ0n) is 8.65. The van der Waals surface area contributed by atoms with Crippen molar-refractivity contribution in [1.29, 1.82) is 0 Å². The molecule has 0 spiro atoms. The molecule has 0 aliphatic heterocycles. The van der Waals surface area contributed by atoms with Gasteiger partial charge in [-0.2, -0.15) is 0 Å². The van der Waals surface area contributed by atoms with E-state index in [2.05, 4.69) is 4.98 Å². The normalized spacial score (nSPS) is 10.2.